The van der Waals surface area contributed by atoms with Crippen LogP contribution in [0.5, 0.6) is 11.5 Å². The third-order valence-electron chi connectivity index (χ3n) is 5.97. The lowest BCUT2D eigenvalue weighted by Gasteiger charge is -2.34. The third kappa shape index (κ3) is 4.38. The number of hydrogen-bond donors (Lipinski definition) is 1. The number of benzene rings is 1. The summed E-state index contributed by atoms with van der Waals surface area (Å²) < 4.78 is 35.0. The number of aliphatic hydroxyl groups is 1. The maximum Gasteiger partial charge on any atom is 0.586 e. The predicted molar refractivity (Wildman–Crippen MR) is 112 cm³/mol. The van der Waals surface area contributed by atoms with Crippen LogP contribution in [0.4, 0.5) is 8.78 Å². The Morgan fingerprint density at radius 2 is 1.70 bits per heavy atom. The zero-order valence-electron chi connectivity index (χ0n) is 17.5. The number of carbonyl (C=O) groups excluding carboxylic acids is 2. The van der Waals surface area contributed by atoms with E-state index in [0.717, 1.165) is 0 Å². The number of halogens is 2. The Kier molecular flexibility index (Phi) is 5.04. The number of hydrogen-bond acceptors (Lipinski definition) is 6. The van der Waals surface area contributed by atoms with Crippen molar-refractivity contribution in [1.29, 1.82) is 0 Å². The number of amides is 2. The van der Waals surface area contributed by atoms with Gasteiger partial charge in [0.25, 0.3) is 5.91 Å². The second-order valence-electron chi connectivity index (χ2n) is 8.32. The van der Waals surface area contributed by atoms with Crippen LogP contribution in [-0.2, 0) is 10.4 Å². The van der Waals surface area contributed by atoms with Gasteiger partial charge in [-0.05, 0) is 42.7 Å². The molecule has 1 N–H and O–H groups in total. The van der Waals surface area contributed by atoms with Crippen molar-refractivity contribution in [2.75, 3.05) is 26.2 Å². The van der Waals surface area contributed by atoms with Crippen LogP contribution in [0.15, 0.2) is 42.7 Å². The molecule has 1 aromatic heterocycles. The highest BCUT2D eigenvalue weighted by Gasteiger charge is 2.44. The van der Waals surface area contributed by atoms with E-state index in [-0.39, 0.29) is 23.3 Å². The highest BCUT2D eigenvalue weighted by atomic mass is 19.3. The molecule has 2 amide bonds. The quantitative estimate of drug-likeness (QED) is 0.709. The van der Waals surface area contributed by atoms with Gasteiger partial charge in [-0.25, -0.2) is 0 Å². The maximum absolute atomic E-state index is 13.1. The van der Waals surface area contributed by atoms with Crippen molar-refractivity contribution in [1.82, 2.24) is 14.8 Å². The summed E-state index contributed by atoms with van der Waals surface area (Å²) in [6, 6.07) is 5.96. The van der Waals surface area contributed by atoms with Gasteiger partial charge in [-0.2, -0.15) is 0 Å². The van der Waals surface area contributed by atoms with Crippen LogP contribution in [-0.4, -0.2) is 64.2 Å². The van der Waals surface area contributed by atoms with E-state index in [4.69, 9.17) is 0 Å². The summed E-state index contributed by atoms with van der Waals surface area (Å²) in [6.45, 7) is 1.46. The van der Waals surface area contributed by atoms with E-state index in [9.17, 15) is 23.5 Å². The smallest absolute Gasteiger partial charge is 0.395 e. The number of ether oxygens (including phenoxy) is 2. The largest absolute Gasteiger partial charge is 0.586 e. The molecule has 10 heteroatoms. The van der Waals surface area contributed by atoms with Gasteiger partial charge in [0.05, 0.1) is 11.2 Å². The fourth-order valence-corrected chi connectivity index (χ4v) is 3.87. The Labute approximate surface area is 188 Å². The molecule has 5 rings (SSSR count). The lowest BCUT2D eigenvalue weighted by molar-refractivity contribution is -0.286. The van der Waals surface area contributed by atoms with Crippen LogP contribution in [0.2, 0.25) is 0 Å². The van der Waals surface area contributed by atoms with Crippen LogP contribution < -0.4 is 9.47 Å². The molecule has 2 fully saturated rings. The molecule has 1 aliphatic carbocycles. The molecule has 1 saturated carbocycles. The number of alkyl halides is 2. The Balaban J connectivity index is 1.17. The van der Waals surface area contributed by atoms with Gasteiger partial charge in [-0.1, -0.05) is 6.07 Å². The number of rotatable bonds is 4. The summed E-state index contributed by atoms with van der Waals surface area (Å²) in [5.74, 6) is -0.580. The van der Waals surface area contributed by atoms with Gasteiger partial charge >= 0.3 is 6.29 Å². The average Bonchev–Trinajstić information content (AvgIpc) is 3.48. The van der Waals surface area contributed by atoms with E-state index in [1.165, 1.54) is 30.5 Å². The first-order valence-electron chi connectivity index (χ1n) is 10.6. The lowest BCUT2D eigenvalue weighted by atomic mass is 10.1. The van der Waals surface area contributed by atoms with E-state index in [0.29, 0.717) is 55.7 Å². The highest BCUT2D eigenvalue weighted by Crippen LogP contribution is 2.45. The molecule has 172 valence electrons. The number of aromatic nitrogens is 1. The first-order chi connectivity index (χ1) is 15.7. The molecule has 2 aliphatic heterocycles. The topological polar surface area (TPSA) is 92.2 Å². The number of nitrogens with zero attached hydrogens (tertiary/aromatic N) is 3. The van der Waals surface area contributed by atoms with E-state index in [1.54, 1.807) is 28.1 Å². The lowest BCUT2D eigenvalue weighted by Crippen LogP contribution is -2.50. The molecular formula is C23H21F2N3O5. The van der Waals surface area contributed by atoms with Crippen molar-refractivity contribution in [2.45, 2.75) is 24.7 Å². The molecule has 3 aliphatic rings. The van der Waals surface area contributed by atoms with Crippen LogP contribution in [0, 0.1) is 0 Å². The SMILES string of the molecule is O=C(/C=C/c1ccc2c(c1)OC(F)(F)O2)N1CCN(C(=O)c2cncc(C3(O)CC3)c2)CC1. The van der Waals surface area contributed by atoms with Crippen molar-refractivity contribution < 1.29 is 33.0 Å². The monoisotopic (exact) mass is 457 g/mol. The highest BCUT2D eigenvalue weighted by molar-refractivity contribution is 5.95. The molecule has 0 bridgehead atoms. The van der Waals surface area contributed by atoms with E-state index in [2.05, 4.69) is 14.5 Å². The summed E-state index contributed by atoms with van der Waals surface area (Å²) in [6.07, 6.45) is 3.58. The summed E-state index contributed by atoms with van der Waals surface area (Å²) in [4.78, 5) is 32.7. The molecule has 1 aromatic carbocycles. The zero-order chi connectivity index (χ0) is 23.2. The van der Waals surface area contributed by atoms with E-state index < -0.39 is 11.9 Å². The first-order valence-corrected chi connectivity index (χ1v) is 10.6. The predicted octanol–water partition coefficient (Wildman–Crippen LogP) is 2.38. The number of fused-ring (bicyclic) bond motifs is 1. The van der Waals surface area contributed by atoms with E-state index >= 15 is 0 Å². The molecule has 3 heterocycles. The van der Waals surface area contributed by atoms with Crippen LogP contribution >= 0.6 is 0 Å². The Hall–Kier alpha value is -3.53. The Morgan fingerprint density at radius 3 is 2.42 bits per heavy atom. The van der Waals surface area contributed by atoms with E-state index in [1.807, 2.05) is 0 Å². The minimum absolute atomic E-state index is 0.0590. The molecule has 2 aromatic rings. The van der Waals surface area contributed by atoms with Gasteiger partial charge in [-0.3, -0.25) is 14.6 Å². The summed E-state index contributed by atoms with van der Waals surface area (Å²) in [5.41, 5.74) is 0.724. The van der Waals surface area contributed by atoms with Gasteiger partial charge in [-0.15, -0.1) is 8.78 Å². The fraction of sp³-hybridized carbons (Fsp3) is 0.348. The molecule has 0 radical (unpaired) electrons. The fourth-order valence-electron chi connectivity index (χ4n) is 3.87. The third-order valence-corrected chi connectivity index (χ3v) is 5.97. The van der Waals surface area contributed by atoms with Crippen LogP contribution in [0.1, 0.15) is 34.3 Å². The zero-order valence-corrected chi connectivity index (χ0v) is 17.5. The first kappa shape index (κ1) is 21.3. The van der Waals surface area contributed by atoms with Crippen LogP contribution in [0.25, 0.3) is 6.08 Å². The molecule has 0 unspecified atom stereocenters. The van der Waals surface area contributed by atoms with Crippen molar-refractivity contribution in [3.05, 3.63) is 59.4 Å². The minimum Gasteiger partial charge on any atom is -0.395 e. The van der Waals surface area contributed by atoms with Gasteiger partial charge < -0.3 is 24.4 Å². The number of carbonyl (C=O) groups is 2. The second-order valence-corrected chi connectivity index (χ2v) is 8.32. The van der Waals surface area contributed by atoms with Crippen molar-refractivity contribution in [2.24, 2.45) is 0 Å². The Bertz CT molecular complexity index is 1140. The molecule has 0 atom stereocenters. The molecule has 1 saturated heterocycles. The summed E-state index contributed by atoms with van der Waals surface area (Å²) in [5, 5.41) is 10.3. The average molecular weight is 457 g/mol. The van der Waals surface area contributed by atoms with Crippen molar-refractivity contribution >= 4 is 17.9 Å². The Morgan fingerprint density at radius 1 is 1.00 bits per heavy atom. The maximum atomic E-state index is 13.1. The van der Waals surface area contributed by atoms with Crippen molar-refractivity contribution in [3.63, 3.8) is 0 Å². The van der Waals surface area contributed by atoms with Gasteiger partial charge in [0.1, 0.15) is 0 Å². The van der Waals surface area contributed by atoms with Gasteiger partial charge in [0, 0.05) is 50.2 Å². The number of piperazine rings is 1. The van der Waals surface area contributed by atoms with Crippen molar-refractivity contribution in [3.8, 4) is 11.5 Å². The second kappa shape index (κ2) is 7.80. The minimum atomic E-state index is -3.69. The van der Waals surface area contributed by atoms with Crippen LogP contribution in [0.3, 0.4) is 0 Å². The molecule has 33 heavy (non-hydrogen) atoms. The molecule has 8 nitrogen and oxygen atoms in total. The standard InChI is InChI=1S/C23H21F2N3O5/c24-23(25)32-18-3-1-15(11-19(18)33-23)2-4-20(29)27-7-9-28(10-8-27)21(30)16-12-17(14-26-13-16)22(31)5-6-22/h1-4,11-14,31H,5-10H2/b4-2+. The van der Waals surface area contributed by atoms with Gasteiger partial charge in [0.15, 0.2) is 11.5 Å². The summed E-state index contributed by atoms with van der Waals surface area (Å²) >= 11 is 0. The number of pyridine rings is 1. The summed E-state index contributed by atoms with van der Waals surface area (Å²) in [7, 11) is 0. The normalized spacial score (nSPS) is 20.2. The van der Waals surface area contributed by atoms with Gasteiger partial charge in [0.2, 0.25) is 5.91 Å². The molecule has 0 spiro atoms. The molecular weight excluding hydrogens is 436 g/mol.